The molecular weight excluding hydrogens is 419 g/mol. The molecular formula is C21H17FN6O2S. The fourth-order valence-electron chi connectivity index (χ4n) is 2.92. The molecule has 0 bridgehead atoms. The number of aromatic nitrogens is 4. The van der Waals surface area contributed by atoms with Gasteiger partial charge in [-0.3, -0.25) is 25.0 Å². The number of amides is 2. The molecule has 0 aliphatic carbocycles. The number of H-pyrrole nitrogens is 1. The normalized spacial score (nSPS) is 10.6. The summed E-state index contributed by atoms with van der Waals surface area (Å²) in [5.74, 6) is -1.08. The average Bonchev–Trinajstić information content (AvgIpc) is 3.35. The maximum absolute atomic E-state index is 13.7. The van der Waals surface area contributed by atoms with E-state index < -0.39 is 11.7 Å². The van der Waals surface area contributed by atoms with Crippen LogP contribution in [0.15, 0.2) is 54.2 Å². The minimum atomic E-state index is -0.614. The Hall–Kier alpha value is -3.92. The molecule has 4 rings (SSSR count). The van der Waals surface area contributed by atoms with Gasteiger partial charge in [-0.1, -0.05) is 12.1 Å². The number of benzene rings is 1. The molecule has 0 spiro atoms. The van der Waals surface area contributed by atoms with Crippen molar-refractivity contribution in [3.8, 4) is 11.3 Å². The van der Waals surface area contributed by atoms with E-state index in [9.17, 15) is 14.0 Å². The van der Waals surface area contributed by atoms with Crippen LogP contribution in [0.1, 0.15) is 21.6 Å². The summed E-state index contributed by atoms with van der Waals surface area (Å²) in [6.45, 7) is 1.86. The molecule has 4 aromatic rings. The van der Waals surface area contributed by atoms with Gasteiger partial charge in [0.25, 0.3) is 5.91 Å². The van der Waals surface area contributed by atoms with Crippen molar-refractivity contribution < 1.29 is 14.0 Å². The molecule has 1 aromatic carbocycles. The van der Waals surface area contributed by atoms with Gasteiger partial charge in [0.15, 0.2) is 10.9 Å². The van der Waals surface area contributed by atoms with Gasteiger partial charge in [-0.05, 0) is 31.2 Å². The van der Waals surface area contributed by atoms with Crippen molar-refractivity contribution in [2.24, 2.45) is 0 Å². The van der Waals surface area contributed by atoms with E-state index in [2.05, 4.69) is 30.8 Å². The number of nitrogens with one attached hydrogen (secondary N) is 3. The zero-order valence-corrected chi connectivity index (χ0v) is 17.2. The Kier molecular flexibility index (Phi) is 5.80. The van der Waals surface area contributed by atoms with Gasteiger partial charge < -0.3 is 5.32 Å². The Morgan fingerprint density at radius 2 is 1.90 bits per heavy atom. The number of carbonyl (C=O) groups is 2. The van der Waals surface area contributed by atoms with Gasteiger partial charge in [-0.25, -0.2) is 9.37 Å². The number of halogens is 1. The highest BCUT2D eigenvalue weighted by Crippen LogP contribution is 2.25. The van der Waals surface area contributed by atoms with Crippen LogP contribution in [0.25, 0.3) is 11.3 Å². The third-order valence-corrected chi connectivity index (χ3v) is 5.28. The largest absolute Gasteiger partial charge is 0.309 e. The van der Waals surface area contributed by atoms with E-state index in [1.165, 1.54) is 18.2 Å². The third-order valence-electron chi connectivity index (χ3n) is 4.47. The molecule has 2 amide bonds. The lowest BCUT2D eigenvalue weighted by molar-refractivity contribution is -0.115. The maximum Gasteiger partial charge on any atom is 0.260 e. The van der Waals surface area contributed by atoms with E-state index >= 15 is 0 Å². The predicted octanol–water partition coefficient (Wildman–Crippen LogP) is 3.81. The number of thiazole rings is 1. The SMILES string of the molecule is Cc1c(NC(=O)Cc2csc(NC(=O)c3ccccc3F)n2)n[nH]c1-c1ccncc1. The number of carbonyl (C=O) groups excluding carboxylic acids is 2. The smallest absolute Gasteiger partial charge is 0.260 e. The molecule has 3 N–H and O–H groups in total. The number of hydrogen-bond donors (Lipinski definition) is 3. The molecule has 0 aliphatic heterocycles. The molecule has 8 nitrogen and oxygen atoms in total. The molecule has 31 heavy (non-hydrogen) atoms. The second-order valence-electron chi connectivity index (χ2n) is 6.61. The molecule has 10 heteroatoms. The lowest BCUT2D eigenvalue weighted by atomic mass is 10.1. The molecule has 0 atom stereocenters. The van der Waals surface area contributed by atoms with Gasteiger partial charge in [0.2, 0.25) is 5.91 Å². The number of nitrogens with zero attached hydrogens (tertiary/aromatic N) is 3. The number of hydrogen-bond acceptors (Lipinski definition) is 6. The Bertz CT molecular complexity index is 1240. The van der Waals surface area contributed by atoms with Crippen molar-refractivity contribution in [1.29, 1.82) is 0 Å². The Morgan fingerprint density at radius 3 is 2.68 bits per heavy atom. The molecule has 3 aromatic heterocycles. The van der Waals surface area contributed by atoms with Crippen molar-refractivity contribution in [2.45, 2.75) is 13.3 Å². The van der Waals surface area contributed by atoms with Crippen LogP contribution in [-0.4, -0.2) is 32.0 Å². The maximum atomic E-state index is 13.7. The molecule has 0 radical (unpaired) electrons. The lowest BCUT2D eigenvalue weighted by Gasteiger charge is -2.03. The average molecular weight is 436 g/mol. The second-order valence-corrected chi connectivity index (χ2v) is 7.47. The van der Waals surface area contributed by atoms with Gasteiger partial charge in [-0.2, -0.15) is 5.10 Å². The number of rotatable bonds is 6. The standard InChI is InChI=1S/C21H17FN6O2S/c1-12-18(13-6-8-23-9-7-13)27-28-19(12)25-17(29)10-14-11-31-21(24-14)26-20(30)15-4-2-3-5-16(15)22/h2-9,11H,10H2,1H3,(H,24,26,30)(H2,25,27,28,29). The molecule has 0 unspecified atom stereocenters. The quantitative estimate of drug-likeness (QED) is 0.425. The zero-order chi connectivity index (χ0) is 21.8. The number of aromatic amines is 1. The van der Waals surface area contributed by atoms with Crippen LogP contribution in [0.2, 0.25) is 0 Å². The Morgan fingerprint density at radius 1 is 1.13 bits per heavy atom. The fraction of sp³-hybridized carbons (Fsp3) is 0.0952. The summed E-state index contributed by atoms with van der Waals surface area (Å²) >= 11 is 1.16. The first-order valence-electron chi connectivity index (χ1n) is 9.27. The van der Waals surface area contributed by atoms with Crippen molar-refractivity contribution in [1.82, 2.24) is 20.2 Å². The highest BCUT2D eigenvalue weighted by Gasteiger charge is 2.16. The molecule has 0 fully saturated rings. The van der Waals surface area contributed by atoms with Crippen LogP contribution in [0, 0.1) is 12.7 Å². The first kappa shape index (κ1) is 20.4. The van der Waals surface area contributed by atoms with Crippen LogP contribution in [-0.2, 0) is 11.2 Å². The Labute approximate surface area is 180 Å². The van der Waals surface area contributed by atoms with Gasteiger partial charge >= 0.3 is 0 Å². The van der Waals surface area contributed by atoms with E-state index in [0.29, 0.717) is 11.5 Å². The van der Waals surface area contributed by atoms with Gasteiger partial charge in [0, 0.05) is 28.9 Å². The minimum Gasteiger partial charge on any atom is -0.309 e. The van der Waals surface area contributed by atoms with Crippen molar-refractivity contribution in [2.75, 3.05) is 10.6 Å². The van der Waals surface area contributed by atoms with E-state index in [-0.39, 0.29) is 23.0 Å². The van der Waals surface area contributed by atoms with Crippen LogP contribution >= 0.6 is 11.3 Å². The molecule has 0 aliphatic rings. The first-order chi connectivity index (χ1) is 15.0. The van der Waals surface area contributed by atoms with Gasteiger partial charge in [0.1, 0.15) is 5.82 Å². The minimum absolute atomic E-state index is 0.00294. The summed E-state index contributed by atoms with van der Waals surface area (Å²) in [7, 11) is 0. The monoisotopic (exact) mass is 436 g/mol. The van der Waals surface area contributed by atoms with E-state index in [1.807, 2.05) is 19.1 Å². The van der Waals surface area contributed by atoms with E-state index in [0.717, 1.165) is 28.2 Å². The summed E-state index contributed by atoms with van der Waals surface area (Å²) in [6, 6.07) is 9.37. The van der Waals surface area contributed by atoms with Crippen molar-refractivity contribution >= 4 is 34.1 Å². The van der Waals surface area contributed by atoms with Crippen LogP contribution in [0.3, 0.4) is 0 Å². The van der Waals surface area contributed by atoms with Gasteiger partial charge in [-0.15, -0.1) is 11.3 Å². The van der Waals surface area contributed by atoms with Crippen LogP contribution in [0.5, 0.6) is 0 Å². The summed E-state index contributed by atoms with van der Waals surface area (Å²) in [5, 5.41) is 14.4. The number of anilines is 2. The van der Waals surface area contributed by atoms with Crippen LogP contribution in [0.4, 0.5) is 15.3 Å². The molecule has 0 saturated heterocycles. The summed E-state index contributed by atoms with van der Waals surface area (Å²) < 4.78 is 13.7. The zero-order valence-electron chi connectivity index (χ0n) is 16.3. The summed E-state index contributed by atoms with van der Waals surface area (Å²) in [4.78, 5) is 32.8. The topological polar surface area (TPSA) is 113 Å². The number of pyridine rings is 1. The van der Waals surface area contributed by atoms with E-state index in [1.54, 1.807) is 23.8 Å². The van der Waals surface area contributed by atoms with Crippen molar-refractivity contribution in [3.05, 3.63) is 76.8 Å². The third kappa shape index (κ3) is 4.64. The highest BCUT2D eigenvalue weighted by atomic mass is 32.1. The highest BCUT2D eigenvalue weighted by molar-refractivity contribution is 7.14. The second kappa shape index (κ2) is 8.84. The molecule has 0 saturated carbocycles. The molecule has 3 heterocycles. The van der Waals surface area contributed by atoms with Crippen LogP contribution < -0.4 is 10.6 Å². The first-order valence-corrected chi connectivity index (χ1v) is 10.1. The summed E-state index contributed by atoms with van der Waals surface area (Å²) in [6.07, 6.45) is 3.36. The molecule has 156 valence electrons. The van der Waals surface area contributed by atoms with Crippen molar-refractivity contribution in [3.63, 3.8) is 0 Å². The lowest BCUT2D eigenvalue weighted by Crippen LogP contribution is -2.16. The fourth-order valence-corrected chi connectivity index (χ4v) is 3.62. The predicted molar refractivity (Wildman–Crippen MR) is 115 cm³/mol. The Balaban J connectivity index is 1.38. The summed E-state index contributed by atoms with van der Waals surface area (Å²) in [5.41, 5.74) is 2.92. The van der Waals surface area contributed by atoms with E-state index in [4.69, 9.17) is 0 Å². The van der Waals surface area contributed by atoms with Gasteiger partial charge in [0.05, 0.1) is 23.4 Å².